The zero-order valence-corrected chi connectivity index (χ0v) is 10.5. The Bertz CT molecular complexity index is 402. The number of aliphatic imine (C=N–C) groups is 1. The summed E-state index contributed by atoms with van der Waals surface area (Å²) in [5, 5.41) is 2.02. The molecule has 5 nitrogen and oxygen atoms in total. The fraction of sp³-hybridized carbons (Fsp3) is 0.273. The largest absolute Gasteiger partial charge is 0.390 e. The predicted molar refractivity (Wildman–Crippen MR) is 70.1 cm³/mol. The van der Waals surface area contributed by atoms with Crippen LogP contribution in [0.25, 0.3) is 0 Å². The number of halogens is 1. The van der Waals surface area contributed by atoms with Gasteiger partial charge >= 0.3 is 6.03 Å². The van der Waals surface area contributed by atoms with Crippen LogP contribution in [0, 0.1) is 0 Å². The molecule has 1 aromatic rings. The second kappa shape index (κ2) is 6.10. The third-order valence-corrected chi connectivity index (χ3v) is 2.25. The van der Waals surface area contributed by atoms with E-state index >= 15 is 0 Å². The third kappa shape index (κ3) is 3.96. The number of rotatable bonds is 3. The molecule has 0 bridgehead atoms. The Labute approximate surface area is 105 Å². The van der Waals surface area contributed by atoms with Crippen LogP contribution in [0.5, 0.6) is 0 Å². The number of carbonyl (C=O) groups is 1. The molecule has 0 fully saturated rings. The van der Waals surface area contributed by atoms with E-state index in [9.17, 15) is 4.79 Å². The van der Waals surface area contributed by atoms with E-state index in [0.29, 0.717) is 5.02 Å². The maximum atomic E-state index is 11.6. The van der Waals surface area contributed by atoms with Crippen LogP contribution in [-0.2, 0) is 0 Å². The molecule has 0 heterocycles. The number of amides is 2. The van der Waals surface area contributed by atoms with Crippen LogP contribution in [0.2, 0.25) is 5.02 Å². The zero-order valence-electron chi connectivity index (χ0n) is 9.72. The van der Waals surface area contributed by atoms with E-state index in [1.807, 2.05) is 13.8 Å². The summed E-state index contributed by atoms with van der Waals surface area (Å²) in [6, 6.07) is 6.52. The third-order valence-electron chi connectivity index (χ3n) is 2.00. The van der Waals surface area contributed by atoms with Gasteiger partial charge in [-0.3, -0.25) is 5.43 Å². The lowest BCUT2D eigenvalue weighted by atomic mass is 10.3. The maximum Gasteiger partial charge on any atom is 0.363 e. The lowest BCUT2D eigenvalue weighted by molar-refractivity contribution is 0.207. The number of carbonyl (C=O) groups excluding carboxylic acids is 1. The van der Waals surface area contributed by atoms with Gasteiger partial charge in [-0.2, -0.15) is 4.99 Å². The van der Waals surface area contributed by atoms with Crippen LogP contribution < -0.4 is 11.2 Å². The van der Waals surface area contributed by atoms with Crippen molar-refractivity contribution in [2.75, 3.05) is 5.43 Å². The molecular formula is C11H15ClN4O. The summed E-state index contributed by atoms with van der Waals surface area (Å²) < 4.78 is 0. The monoisotopic (exact) mass is 254 g/mol. The Kier molecular flexibility index (Phi) is 4.78. The summed E-state index contributed by atoms with van der Waals surface area (Å²) in [6.07, 6.45) is 0.973. The first-order valence-corrected chi connectivity index (χ1v) is 5.52. The van der Waals surface area contributed by atoms with E-state index in [-0.39, 0.29) is 6.04 Å². The molecule has 1 aromatic carbocycles. The van der Waals surface area contributed by atoms with E-state index in [0.717, 1.165) is 12.0 Å². The number of nitrogens with two attached hydrogens (primary N) is 1. The van der Waals surface area contributed by atoms with Gasteiger partial charge in [0, 0.05) is 11.1 Å². The topological polar surface area (TPSA) is 70.7 Å². The number of nitrogens with one attached hydrogen (secondary N) is 1. The Morgan fingerprint density at radius 1 is 1.47 bits per heavy atom. The van der Waals surface area contributed by atoms with Gasteiger partial charge in [0.1, 0.15) is 0 Å². The van der Waals surface area contributed by atoms with Gasteiger partial charge in [0.05, 0.1) is 12.0 Å². The summed E-state index contributed by atoms with van der Waals surface area (Å²) in [7, 11) is 0. The van der Waals surface area contributed by atoms with Gasteiger partial charge in [-0.05, 0) is 38.1 Å². The summed E-state index contributed by atoms with van der Waals surface area (Å²) >= 11 is 5.77. The Morgan fingerprint density at radius 3 is 2.53 bits per heavy atom. The van der Waals surface area contributed by atoms with Crippen molar-refractivity contribution >= 4 is 29.7 Å². The Balaban J connectivity index is 2.80. The second-order valence-corrected chi connectivity index (χ2v) is 4.08. The van der Waals surface area contributed by atoms with Crippen LogP contribution in [0.15, 0.2) is 29.3 Å². The normalized spacial score (nSPS) is 10.8. The molecule has 6 heteroatoms. The number of hydrogen-bond donors (Lipinski definition) is 2. The maximum absolute atomic E-state index is 11.6. The van der Waals surface area contributed by atoms with Crippen molar-refractivity contribution in [1.82, 2.24) is 5.01 Å². The van der Waals surface area contributed by atoms with Crippen molar-refractivity contribution in [2.24, 2.45) is 10.7 Å². The molecule has 0 aromatic heterocycles. The summed E-state index contributed by atoms with van der Waals surface area (Å²) in [4.78, 5) is 15.1. The fourth-order valence-electron chi connectivity index (χ4n) is 1.19. The Hall–Kier alpha value is -1.75. The van der Waals surface area contributed by atoms with E-state index in [1.54, 1.807) is 24.3 Å². The highest BCUT2D eigenvalue weighted by Gasteiger charge is 2.15. The standard InChI is InChI=1S/C11H15ClN4O/c1-8(2)16(11(17)14-7-13)15-10-5-3-9(12)4-6-10/h3-8,15H,1-2H3,(H2,13,14,17). The van der Waals surface area contributed by atoms with Gasteiger partial charge < -0.3 is 5.73 Å². The average molecular weight is 255 g/mol. The highest BCUT2D eigenvalue weighted by molar-refractivity contribution is 6.30. The van der Waals surface area contributed by atoms with E-state index in [4.69, 9.17) is 17.3 Å². The van der Waals surface area contributed by atoms with Crippen molar-refractivity contribution in [3.8, 4) is 0 Å². The first-order valence-electron chi connectivity index (χ1n) is 5.14. The molecular weight excluding hydrogens is 240 g/mol. The molecule has 2 amide bonds. The number of anilines is 1. The lowest BCUT2D eigenvalue weighted by Crippen LogP contribution is -2.40. The minimum atomic E-state index is -0.447. The van der Waals surface area contributed by atoms with Gasteiger partial charge in [-0.25, -0.2) is 9.80 Å². The summed E-state index contributed by atoms with van der Waals surface area (Å²) in [5.74, 6) is 0. The van der Waals surface area contributed by atoms with Gasteiger partial charge in [0.15, 0.2) is 0 Å². The fourth-order valence-corrected chi connectivity index (χ4v) is 1.31. The molecule has 3 N–H and O–H groups in total. The van der Waals surface area contributed by atoms with Gasteiger partial charge in [-0.15, -0.1) is 0 Å². The summed E-state index contributed by atoms with van der Waals surface area (Å²) in [5.41, 5.74) is 8.80. The van der Waals surface area contributed by atoms with Crippen LogP contribution in [0.4, 0.5) is 10.5 Å². The van der Waals surface area contributed by atoms with Gasteiger partial charge in [-0.1, -0.05) is 11.6 Å². The molecule has 0 unspecified atom stereocenters. The zero-order chi connectivity index (χ0) is 12.8. The smallest absolute Gasteiger partial charge is 0.363 e. The van der Waals surface area contributed by atoms with Crippen molar-refractivity contribution in [3.63, 3.8) is 0 Å². The molecule has 0 aliphatic rings. The van der Waals surface area contributed by atoms with E-state index in [1.165, 1.54) is 5.01 Å². The molecule has 0 spiro atoms. The molecule has 0 aliphatic heterocycles. The predicted octanol–water partition coefficient (Wildman–Crippen LogP) is 2.48. The van der Waals surface area contributed by atoms with Crippen molar-refractivity contribution in [3.05, 3.63) is 29.3 Å². The molecule has 0 aliphatic carbocycles. The second-order valence-electron chi connectivity index (χ2n) is 3.64. The van der Waals surface area contributed by atoms with Gasteiger partial charge in [0.2, 0.25) is 0 Å². The highest BCUT2D eigenvalue weighted by Crippen LogP contribution is 2.15. The van der Waals surface area contributed by atoms with Crippen LogP contribution >= 0.6 is 11.6 Å². The summed E-state index contributed by atoms with van der Waals surface area (Å²) in [6.45, 7) is 3.74. The quantitative estimate of drug-likeness (QED) is 0.495. The molecule has 0 radical (unpaired) electrons. The minimum Gasteiger partial charge on any atom is -0.390 e. The first-order chi connectivity index (χ1) is 8.04. The number of hydrazine groups is 1. The first kappa shape index (κ1) is 13.3. The molecule has 1 rings (SSSR count). The van der Waals surface area contributed by atoms with Crippen molar-refractivity contribution in [2.45, 2.75) is 19.9 Å². The van der Waals surface area contributed by atoms with Crippen LogP contribution in [0.1, 0.15) is 13.8 Å². The van der Waals surface area contributed by atoms with Gasteiger partial charge in [0.25, 0.3) is 0 Å². The molecule has 17 heavy (non-hydrogen) atoms. The average Bonchev–Trinajstić information content (AvgIpc) is 2.28. The molecule has 92 valence electrons. The van der Waals surface area contributed by atoms with E-state index in [2.05, 4.69) is 10.4 Å². The van der Waals surface area contributed by atoms with Crippen molar-refractivity contribution < 1.29 is 4.79 Å². The van der Waals surface area contributed by atoms with Crippen molar-refractivity contribution in [1.29, 1.82) is 0 Å². The SMILES string of the molecule is CC(C)N(Nc1ccc(Cl)cc1)C(=O)N=CN. The lowest BCUT2D eigenvalue weighted by Gasteiger charge is -2.25. The number of hydrogen-bond acceptors (Lipinski definition) is 2. The minimum absolute atomic E-state index is 0.0538. The Morgan fingerprint density at radius 2 is 2.06 bits per heavy atom. The number of urea groups is 1. The molecule has 0 saturated carbocycles. The number of benzene rings is 1. The van der Waals surface area contributed by atoms with Crippen LogP contribution in [-0.4, -0.2) is 23.4 Å². The van der Waals surface area contributed by atoms with E-state index < -0.39 is 6.03 Å². The molecule has 0 atom stereocenters. The van der Waals surface area contributed by atoms with Crippen LogP contribution in [0.3, 0.4) is 0 Å². The number of nitrogens with zero attached hydrogens (tertiary/aromatic N) is 2. The molecule has 0 saturated heterocycles. The highest BCUT2D eigenvalue weighted by atomic mass is 35.5.